The first kappa shape index (κ1) is 15.1. The first-order chi connectivity index (χ1) is 10.6. The minimum atomic E-state index is -0.161. The molecule has 5 nitrogen and oxygen atoms in total. The molecule has 0 aliphatic heterocycles. The molecule has 2 aromatic heterocycles. The normalized spacial score (nSPS) is 10.6. The maximum absolute atomic E-state index is 12.0. The molecule has 3 rings (SSSR count). The molecule has 1 amide bonds. The van der Waals surface area contributed by atoms with Crippen LogP contribution in [0.5, 0.6) is 0 Å². The number of amides is 1. The quantitative estimate of drug-likeness (QED) is 0.774. The SMILES string of the molecule is Cn1cnnc1Sc1ccc(NC(=O)c2ccc(Cl)s2)cc1. The van der Waals surface area contributed by atoms with E-state index in [0.29, 0.717) is 9.21 Å². The van der Waals surface area contributed by atoms with Gasteiger partial charge in [-0.25, -0.2) is 0 Å². The Bertz CT molecular complexity index is 797. The predicted molar refractivity (Wildman–Crippen MR) is 88.9 cm³/mol. The lowest BCUT2D eigenvalue weighted by molar-refractivity contribution is 0.103. The van der Waals surface area contributed by atoms with Gasteiger partial charge in [0.15, 0.2) is 5.16 Å². The Balaban J connectivity index is 1.66. The van der Waals surface area contributed by atoms with Crippen LogP contribution in [-0.2, 0) is 7.05 Å². The van der Waals surface area contributed by atoms with Crippen LogP contribution in [0, 0.1) is 0 Å². The van der Waals surface area contributed by atoms with E-state index < -0.39 is 0 Å². The van der Waals surface area contributed by atoms with Crippen LogP contribution in [0.15, 0.2) is 52.8 Å². The molecule has 1 N–H and O–H groups in total. The highest BCUT2D eigenvalue weighted by Gasteiger charge is 2.09. The second kappa shape index (κ2) is 6.51. The molecule has 112 valence electrons. The van der Waals surface area contributed by atoms with Crippen molar-refractivity contribution < 1.29 is 4.79 Å². The molecule has 0 saturated heterocycles. The summed E-state index contributed by atoms with van der Waals surface area (Å²) < 4.78 is 2.45. The van der Waals surface area contributed by atoms with Crippen LogP contribution in [0.25, 0.3) is 0 Å². The molecule has 0 atom stereocenters. The van der Waals surface area contributed by atoms with Gasteiger partial charge in [0.05, 0.1) is 9.21 Å². The van der Waals surface area contributed by atoms with Crippen molar-refractivity contribution in [3.8, 4) is 0 Å². The Hall–Kier alpha value is -1.83. The molecular formula is C14H11ClN4OS2. The smallest absolute Gasteiger partial charge is 0.265 e. The van der Waals surface area contributed by atoms with E-state index in [0.717, 1.165) is 15.7 Å². The molecule has 1 aromatic carbocycles. The van der Waals surface area contributed by atoms with E-state index in [1.807, 2.05) is 35.9 Å². The number of anilines is 1. The van der Waals surface area contributed by atoms with Gasteiger partial charge in [0.25, 0.3) is 5.91 Å². The summed E-state index contributed by atoms with van der Waals surface area (Å²) in [5.74, 6) is -0.161. The summed E-state index contributed by atoms with van der Waals surface area (Å²) in [4.78, 5) is 13.6. The Kier molecular flexibility index (Phi) is 4.47. The predicted octanol–water partition coefficient (Wildman–Crippen LogP) is 3.93. The first-order valence-corrected chi connectivity index (χ1v) is 8.31. The summed E-state index contributed by atoms with van der Waals surface area (Å²) in [6, 6.07) is 11.0. The molecule has 8 heteroatoms. The Morgan fingerprint density at radius 1 is 1.27 bits per heavy atom. The third-order valence-electron chi connectivity index (χ3n) is 2.79. The van der Waals surface area contributed by atoms with E-state index >= 15 is 0 Å². The number of aryl methyl sites for hydroxylation is 1. The average Bonchev–Trinajstić information content (AvgIpc) is 3.10. The van der Waals surface area contributed by atoms with Crippen LogP contribution < -0.4 is 5.32 Å². The number of hydrogen-bond acceptors (Lipinski definition) is 5. The molecule has 0 saturated carbocycles. The molecule has 0 aliphatic rings. The van der Waals surface area contributed by atoms with Crippen molar-refractivity contribution >= 4 is 46.3 Å². The molecule has 0 unspecified atom stereocenters. The van der Waals surface area contributed by atoms with E-state index in [9.17, 15) is 4.79 Å². The van der Waals surface area contributed by atoms with Crippen molar-refractivity contribution in [2.45, 2.75) is 10.1 Å². The van der Waals surface area contributed by atoms with Gasteiger partial charge in [-0.3, -0.25) is 4.79 Å². The molecule has 3 aromatic rings. The lowest BCUT2D eigenvalue weighted by Gasteiger charge is -2.05. The number of benzene rings is 1. The van der Waals surface area contributed by atoms with Gasteiger partial charge in [-0.15, -0.1) is 21.5 Å². The summed E-state index contributed by atoms with van der Waals surface area (Å²) in [6.45, 7) is 0. The highest BCUT2D eigenvalue weighted by atomic mass is 35.5. The van der Waals surface area contributed by atoms with Crippen molar-refractivity contribution in [3.05, 3.63) is 51.9 Å². The van der Waals surface area contributed by atoms with Gasteiger partial charge >= 0.3 is 0 Å². The molecule has 0 spiro atoms. The number of halogens is 1. The maximum atomic E-state index is 12.0. The molecule has 0 aliphatic carbocycles. The van der Waals surface area contributed by atoms with E-state index in [1.54, 1.807) is 18.5 Å². The number of carbonyl (C=O) groups is 1. The number of aromatic nitrogens is 3. The first-order valence-electron chi connectivity index (χ1n) is 6.30. The van der Waals surface area contributed by atoms with Crippen LogP contribution in [0.2, 0.25) is 4.34 Å². The summed E-state index contributed by atoms with van der Waals surface area (Å²) in [6.07, 6.45) is 1.66. The van der Waals surface area contributed by atoms with Gasteiger partial charge < -0.3 is 9.88 Å². The van der Waals surface area contributed by atoms with Crippen LogP contribution in [0.1, 0.15) is 9.67 Å². The van der Waals surface area contributed by atoms with Gasteiger partial charge in [0.2, 0.25) is 0 Å². The van der Waals surface area contributed by atoms with Crippen LogP contribution in [-0.4, -0.2) is 20.7 Å². The van der Waals surface area contributed by atoms with Gasteiger partial charge in [0.1, 0.15) is 6.33 Å². The number of rotatable bonds is 4. The van der Waals surface area contributed by atoms with Crippen molar-refractivity contribution in [3.63, 3.8) is 0 Å². The highest BCUT2D eigenvalue weighted by molar-refractivity contribution is 7.99. The fourth-order valence-electron chi connectivity index (χ4n) is 1.71. The highest BCUT2D eigenvalue weighted by Crippen LogP contribution is 2.27. The van der Waals surface area contributed by atoms with Crippen molar-refractivity contribution in [2.75, 3.05) is 5.32 Å². The van der Waals surface area contributed by atoms with Gasteiger partial charge in [-0.2, -0.15) is 0 Å². The minimum Gasteiger partial charge on any atom is -0.321 e. The molecule has 22 heavy (non-hydrogen) atoms. The zero-order valence-corrected chi connectivity index (χ0v) is 13.9. The minimum absolute atomic E-state index is 0.161. The monoisotopic (exact) mass is 350 g/mol. The summed E-state index contributed by atoms with van der Waals surface area (Å²) in [5.41, 5.74) is 0.733. The topological polar surface area (TPSA) is 59.8 Å². The summed E-state index contributed by atoms with van der Waals surface area (Å²) >= 11 is 8.59. The number of thiophene rings is 1. The number of carbonyl (C=O) groups excluding carboxylic acids is 1. The zero-order valence-electron chi connectivity index (χ0n) is 11.5. The fourth-order valence-corrected chi connectivity index (χ4v) is 3.41. The lowest BCUT2D eigenvalue weighted by atomic mass is 10.3. The van der Waals surface area contributed by atoms with E-state index in [2.05, 4.69) is 15.5 Å². The summed E-state index contributed by atoms with van der Waals surface area (Å²) in [7, 11) is 1.89. The van der Waals surface area contributed by atoms with Crippen LogP contribution >= 0.6 is 34.7 Å². The third-order valence-corrected chi connectivity index (χ3v) is 5.08. The van der Waals surface area contributed by atoms with Crippen LogP contribution in [0.3, 0.4) is 0 Å². The molecule has 0 radical (unpaired) electrons. The standard InChI is InChI=1S/C14H11ClN4OS2/c1-19-8-16-18-14(19)21-10-4-2-9(3-5-10)17-13(20)11-6-7-12(15)22-11/h2-8H,1H3,(H,17,20). The second-order valence-corrected chi connectivity index (χ2v) is 7.16. The largest absolute Gasteiger partial charge is 0.321 e. The number of hydrogen-bond donors (Lipinski definition) is 1. The maximum Gasteiger partial charge on any atom is 0.265 e. The van der Waals surface area contributed by atoms with Gasteiger partial charge in [-0.1, -0.05) is 11.6 Å². The van der Waals surface area contributed by atoms with E-state index in [4.69, 9.17) is 11.6 Å². The van der Waals surface area contributed by atoms with E-state index in [1.165, 1.54) is 23.1 Å². The Labute approximate surface area is 140 Å². The molecular weight excluding hydrogens is 340 g/mol. The zero-order chi connectivity index (χ0) is 15.5. The van der Waals surface area contributed by atoms with Crippen molar-refractivity contribution in [1.82, 2.24) is 14.8 Å². The van der Waals surface area contributed by atoms with Gasteiger partial charge in [0, 0.05) is 17.6 Å². The molecule has 0 fully saturated rings. The van der Waals surface area contributed by atoms with Crippen LogP contribution in [0.4, 0.5) is 5.69 Å². The number of nitrogens with zero attached hydrogens (tertiary/aromatic N) is 3. The molecule has 0 bridgehead atoms. The summed E-state index contributed by atoms with van der Waals surface area (Å²) in [5, 5.41) is 11.5. The van der Waals surface area contributed by atoms with Crippen molar-refractivity contribution in [2.24, 2.45) is 7.05 Å². The second-order valence-electron chi connectivity index (χ2n) is 4.41. The fraction of sp³-hybridized carbons (Fsp3) is 0.0714. The third kappa shape index (κ3) is 3.49. The lowest BCUT2D eigenvalue weighted by Crippen LogP contribution is -2.09. The Morgan fingerprint density at radius 3 is 2.64 bits per heavy atom. The number of nitrogens with one attached hydrogen (secondary N) is 1. The Morgan fingerprint density at radius 2 is 2.05 bits per heavy atom. The van der Waals surface area contributed by atoms with E-state index in [-0.39, 0.29) is 5.91 Å². The molecule has 2 heterocycles. The van der Waals surface area contributed by atoms with Crippen molar-refractivity contribution in [1.29, 1.82) is 0 Å². The van der Waals surface area contributed by atoms with Gasteiger partial charge in [-0.05, 0) is 48.2 Å². The average molecular weight is 351 g/mol.